The van der Waals surface area contributed by atoms with Crippen molar-refractivity contribution in [3.05, 3.63) is 53.2 Å². The minimum atomic E-state index is -3.84. The van der Waals surface area contributed by atoms with E-state index in [0.717, 1.165) is 10.5 Å². The van der Waals surface area contributed by atoms with E-state index in [-0.39, 0.29) is 17.2 Å². The number of halogens is 1. The Morgan fingerprint density at radius 2 is 1.88 bits per heavy atom. The Bertz CT molecular complexity index is 878. The Hall–Kier alpha value is -1.37. The molecule has 1 aromatic carbocycles. The summed E-state index contributed by atoms with van der Waals surface area (Å²) in [6.07, 6.45) is 2.26. The van der Waals surface area contributed by atoms with Crippen molar-refractivity contribution in [2.45, 2.75) is 48.3 Å². The normalized spacial score (nSPS) is 12.2. The van der Waals surface area contributed by atoms with Gasteiger partial charge in [-0.1, -0.05) is 29.8 Å². The zero-order valence-electron chi connectivity index (χ0n) is 15.0. The maximum atomic E-state index is 12.8. The first-order valence-electron chi connectivity index (χ1n) is 8.24. The van der Waals surface area contributed by atoms with E-state index < -0.39 is 14.6 Å². The van der Waals surface area contributed by atoms with Crippen molar-refractivity contribution < 1.29 is 13.2 Å². The summed E-state index contributed by atoms with van der Waals surface area (Å²) in [6.45, 7) is 4.73. The Morgan fingerprint density at radius 3 is 2.50 bits per heavy atom. The summed E-state index contributed by atoms with van der Waals surface area (Å²) in [5, 5.41) is 0.615. The van der Waals surface area contributed by atoms with Crippen LogP contribution in [-0.4, -0.2) is 29.7 Å². The number of Topliss-reactive ketones (excluding diaryl/α,β-unsaturated/α-hetero) is 1. The van der Waals surface area contributed by atoms with E-state index in [1.165, 1.54) is 26.1 Å². The molecular formula is C19H22ClNO3S2. The summed E-state index contributed by atoms with van der Waals surface area (Å²) >= 11 is 7.66. The molecule has 0 fully saturated rings. The first-order valence-corrected chi connectivity index (χ1v) is 11.1. The van der Waals surface area contributed by atoms with Gasteiger partial charge in [-0.05, 0) is 56.7 Å². The molecule has 0 aliphatic heterocycles. The van der Waals surface area contributed by atoms with Crippen LogP contribution in [0, 0.1) is 6.92 Å². The van der Waals surface area contributed by atoms with Crippen molar-refractivity contribution in [1.29, 1.82) is 0 Å². The number of thioether (sulfide) groups is 1. The molecule has 4 nitrogen and oxygen atoms in total. The maximum absolute atomic E-state index is 12.8. The van der Waals surface area contributed by atoms with Crippen molar-refractivity contribution >= 4 is 39.0 Å². The number of ketones is 1. The molecule has 2 rings (SSSR count). The van der Waals surface area contributed by atoms with Gasteiger partial charge in [0.05, 0.1) is 5.02 Å². The second kappa shape index (κ2) is 8.55. The van der Waals surface area contributed by atoms with Gasteiger partial charge in [0.15, 0.2) is 10.8 Å². The molecule has 0 N–H and O–H groups in total. The molecule has 0 radical (unpaired) electrons. The molecule has 0 spiro atoms. The lowest BCUT2D eigenvalue weighted by Crippen LogP contribution is -2.41. The van der Waals surface area contributed by atoms with E-state index in [1.54, 1.807) is 17.8 Å². The standard InChI is InChI=1S/C19H22ClNO3S2/c1-14-10-11-18(21-13-14)26(23,24)19(2,3)17(22)9-6-12-25-16-8-5-4-7-15(16)20/h4-5,7-8,10-11,13H,6,9,12H2,1-3H3. The van der Waals surface area contributed by atoms with Gasteiger partial charge in [0.2, 0.25) is 9.84 Å². The molecule has 0 saturated heterocycles. The molecule has 1 aromatic heterocycles. The van der Waals surface area contributed by atoms with E-state index >= 15 is 0 Å². The number of benzene rings is 1. The quantitative estimate of drug-likeness (QED) is 0.463. The second-order valence-electron chi connectivity index (χ2n) is 6.49. The lowest BCUT2D eigenvalue weighted by molar-refractivity contribution is -0.120. The van der Waals surface area contributed by atoms with Crippen LogP contribution in [-0.2, 0) is 14.6 Å². The summed E-state index contributed by atoms with van der Waals surface area (Å²) in [5.41, 5.74) is 0.865. The highest BCUT2D eigenvalue weighted by atomic mass is 35.5. The molecule has 0 saturated carbocycles. The summed E-state index contributed by atoms with van der Waals surface area (Å²) in [7, 11) is -3.84. The van der Waals surface area contributed by atoms with E-state index in [9.17, 15) is 13.2 Å². The minimum Gasteiger partial charge on any atom is -0.298 e. The van der Waals surface area contributed by atoms with Crippen LogP contribution in [0.25, 0.3) is 0 Å². The van der Waals surface area contributed by atoms with Gasteiger partial charge >= 0.3 is 0 Å². The summed E-state index contributed by atoms with van der Waals surface area (Å²) in [4.78, 5) is 17.5. The first-order chi connectivity index (χ1) is 12.2. The molecule has 0 aliphatic carbocycles. The zero-order chi connectivity index (χ0) is 19.4. The van der Waals surface area contributed by atoms with Crippen LogP contribution >= 0.6 is 23.4 Å². The molecule has 0 aliphatic rings. The van der Waals surface area contributed by atoms with Crippen LogP contribution in [0.4, 0.5) is 0 Å². The van der Waals surface area contributed by atoms with E-state index in [2.05, 4.69) is 4.98 Å². The van der Waals surface area contributed by atoms with Crippen molar-refractivity contribution in [1.82, 2.24) is 4.98 Å². The van der Waals surface area contributed by atoms with Crippen LogP contribution in [0.1, 0.15) is 32.3 Å². The van der Waals surface area contributed by atoms with Crippen LogP contribution in [0.15, 0.2) is 52.5 Å². The molecule has 0 unspecified atom stereocenters. The molecule has 7 heteroatoms. The molecule has 2 aromatic rings. The largest absolute Gasteiger partial charge is 0.298 e. The third-order valence-electron chi connectivity index (χ3n) is 4.15. The Balaban J connectivity index is 1.98. The Morgan fingerprint density at radius 1 is 1.19 bits per heavy atom. The van der Waals surface area contributed by atoms with Crippen molar-refractivity contribution in [3.8, 4) is 0 Å². The molecule has 140 valence electrons. The number of aromatic nitrogens is 1. The lowest BCUT2D eigenvalue weighted by atomic mass is 10.0. The molecule has 0 amide bonds. The number of carbonyl (C=O) groups is 1. The number of pyridine rings is 1. The van der Waals surface area contributed by atoms with Crippen LogP contribution < -0.4 is 0 Å². The highest BCUT2D eigenvalue weighted by Crippen LogP contribution is 2.29. The average molecular weight is 412 g/mol. The first kappa shape index (κ1) is 20.9. The van der Waals surface area contributed by atoms with Crippen LogP contribution in [0.5, 0.6) is 0 Å². The van der Waals surface area contributed by atoms with E-state index in [0.29, 0.717) is 17.2 Å². The van der Waals surface area contributed by atoms with Crippen molar-refractivity contribution in [3.63, 3.8) is 0 Å². The third kappa shape index (κ3) is 4.67. The lowest BCUT2D eigenvalue weighted by Gasteiger charge is -2.23. The van der Waals surface area contributed by atoms with Gasteiger partial charge < -0.3 is 0 Å². The molecule has 0 atom stereocenters. The number of carbonyl (C=O) groups excluding carboxylic acids is 1. The predicted octanol–water partition coefficient (Wildman–Crippen LogP) is 4.74. The van der Waals surface area contributed by atoms with Gasteiger partial charge in [-0.25, -0.2) is 13.4 Å². The van der Waals surface area contributed by atoms with Crippen LogP contribution in [0.3, 0.4) is 0 Å². The average Bonchev–Trinajstić information content (AvgIpc) is 2.60. The Kier molecular flexibility index (Phi) is 6.88. The smallest absolute Gasteiger partial charge is 0.207 e. The van der Waals surface area contributed by atoms with Gasteiger partial charge in [0.25, 0.3) is 0 Å². The number of hydrogen-bond donors (Lipinski definition) is 0. The summed E-state index contributed by atoms with van der Waals surface area (Å²) in [6, 6.07) is 10.6. The Labute approximate surface area is 164 Å². The molecule has 1 heterocycles. The second-order valence-corrected chi connectivity index (χ2v) is 10.5. The topological polar surface area (TPSA) is 64.1 Å². The van der Waals surface area contributed by atoms with Crippen LogP contribution in [0.2, 0.25) is 5.02 Å². The summed E-state index contributed by atoms with van der Waals surface area (Å²) < 4.78 is 24.1. The minimum absolute atomic E-state index is 0.0631. The molecular weight excluding hydrogens is 390 g/mol. The van der Waals surface area contributed by atoms with Gasteiger partial charge in [-0.15, -0.1) is 11.8 Å². The monoisotopic (exact) mass is 411 g/mol. The van der Waals surface area contributed by atoms with Gasteiger partial charge in [0, 0.05) is 17.5 Å². The number of hydrogen-bond acceptors (Lipinski definition) is 5. The van der Waals surface area contributed by atoms with Crippen molar-refractivity contribution in [2.75, 3.05) is 5.75 Å². The SMILES string of the molecule is Cc1ccc(S(=O)(=O)C(C)(C)C(=O)CCCSc2ccccc2Cl)nc1. The number of nitrogens with zero attached hydrogens (tertiary/aromatic N) is 1. The van der Waals surface area contributed by atoms with Gasteiger partial charge in [0.1, 0.15) is 4.75 Å². The fourth-order valence-electron chi connectivity index (χ4n) is 2.30. The van der Waals surface area contributed by atoms with Gasteiger partial charge in [-0.3, -0.25) is 4.79 Å². The number of aryl methyl sites for hydroxylation is 1. The fraction of sp³-hybridized carbons (Fsp3) is 0.368. The molecule has 0 bridgehead atoms. The zero-order valence-corrected chi connectivity index (χ0v) is 17.4. The number of sulfone groups is 1. The highest BCUT2D eigenvalue weighted by Gasteiger charge is 2.42. The van der Waals surface area contributed by atoms with E-state index in [1.807, 2.05) is 31.2 Å². The molecule has 26 heavy (non-hydrogen) atoms. The third-order valence-corrected chi connectivity index (χ3v) is 8.11. The van der Waals surface area contributed by atoms with E-state index in [4.69, 9.17) is 11.6 Å². The maximum Gasteiger partial charge on any atom is 0.207 e. The summed E-state index contributed by atoms with van der Waals surface area (Å²) in [5.74, 6) is 0.383. The highest BCUT2D eigenvalue weighted by molar-refractivity contribution is 7.99. The predicted molar refractivity (Wildman–Crippen MR) is 107 cm³/mol. The number of rotatable bonds is 8. The fourth-order valence-corrected chi connectivity index (χ4v) is 4.85. The van der Waals surface area contributed by atoms with Crippen molar-refractivity contribution in [2.24, 2.45) is 0 Å². The van der Waals surface area contributed by atoms with Gasteiger partial charge in [-0.2, -0.15) is 0 Å².